The molecule has 0 radical (unpaired) electrons. The van der Waals surface area contributed by atoms with Crippen molar-refractivity contribution in [2.45, 2.75) is 51.9 Å². The third-order valence-electron chi connectivity index (χ3n) is 3.50. The van der Waals surface area contributed by atoms with Crippen LogP contribution in [0.2, 0.25) is 0 Å². The highest BCUT2D eigenvalue weighted by Crippen LogP contribution is 2.36. The minimum atomic E-state index is -0.186. The maximum atomic E-state index is 9.21. The van der Waals surface area contributed by atoms with E-state index in [-0.39, 0.29) is 11.8 Å². The van der Waals surface area contributed by atoms with Crippen molar-refractivity contribution >= 4 is 0 Å². The highest BCUT2D eigenvalue weighted by Gasteiger charge is 2.24. The molecule has 1 aliphatic carbocycles. The van der Waals surface area contributed by atoms with E-state index >= 15 is 0 Å². The summed E-state index contributed by atoms with van der Waals surface area (Å²) in [5.41, 5.74) is 2.12. The Morgan fingerprint density at radius 1 is 1.35 bits per heavy atom. The van der Waals surface area contributed by atoms with Crippen molar-refractivity contribution in [1.29, 1.82) is 5.26 Å². The zero-order valence-electron chi connectivity index (χ0n) is 10.8. The third-order valence-corrected chi connectivity index (χ3v) is 3.50. The standard InChI is InChI=1S/C14H19N3/c1-9(2)12(8-15)14-16-10(3)7-13(17-14)11-5-4-6-11/h7,9,11-12H,4-6H2,1-3H3. The van der Waals surface area contributed by atoms with Crippen LogP contribution in [0.25, 0.3) is 0 Å². The van der Waals surface area contributed by atoms with Crippen LogP contribution in [0.15, 0.2) is 6.07 Å². The van der Waals surface area contributed by atoms with Crippen LogP contribution in [-0.4, -0.2) is 9.97 Å². The molecule has 0 spiro atoms. The fraction of sp³-hybridized carbons (Fsp3) is 0.643. The summed E-state index contributed by atoms with van der Waals surface area (Å²) in [4.78, 5) is 9.05. The van der Waals surface area contributed by atoms with E-state index in [9.17, 15) is 5.26 Å². The molecular formula is C14H19N3. The zero-order chi connectivity index (χ0) is 12.4. The summed E-state index contributed by atoms with van der Waals surface area (Å²) in [6.45, 7) is 6.08. The summed E-state index contributed by atoms with van der Waals surface area (Å²) in [5.74, 6) is 1.39. The molecule has 0 aromatic carbocycles. The highest BCUT2D eigenvalue weighted by molar-refractivity contribution is 5.20. The van der Waals surface area contributed by atoms with Gasteiger partial charge in [-0.15, -0.1) is 0 Å². The Morgan fingerprint density at radius 3 is 2.53 bits per heavy atom. The molecule has 1 aromatic rings. The first-order chi connectivity index (χ1) is 8.11. The fourth-order valence-electron chi connectivity index (χ4n) is 2.17. The molecule has 1 aromatic heterocycles. The predicted octanol–water partition coefficient (Wildman–Crippen LogP) is 3.32. The average Bonchev–Trinajstić information content (AvgIpc) is 2.14. The summed E-state index contributed by atoms with van der Waals surface area (Å²) >= 11 is 0. The molecule has 0 aliphatic heterocycles. The Balaban J connectivity index is 2.33. The van der Waals surface area contributed by atoms with Crippen LogP contribution < -0.4 is 0 Å². The monoisotopic (exact) mass is 229 g/mol. The lowest BCUT2D eigenvalue weighted by Crippen LogP contribution is -2.16. The molecule has 1 unspecified atom stereocenters. The van der Waals surface area contributed by atoms with Gasteiger partial charge in [0.05, 0.1) is 6.07 Å². The third kappa shape index (κ3) is 2.46. The fourth-order valence-corrected chi connectivity index (χ4v) is 2.17. The van der Waals surface area contributed by atoms with Gasteiger partial charge in [-0.3, -0.25) is 0 Å². The lowest BCUT2D eigenvalue weighted by molar-refractivity contribution is 0.407. The number of nitriles is 1. The largest absolute Gasteiger partial charge is 0.237 e. The molecule has 1 heterocycles. The van der Waals surface area contributed by atoms with Crippen molar-refractivity contribution < 1.29 is 0 Å². The first kappa shape index (κ1) is 12.0. The number of aryl methyl sites for hydroxylation is 1. The normalized spacial score (nSPS) is 17.6. The second kappa shape index (κ2) is 4.83. The van der Waals surface area contributed by atoms with Crippen molar-refractivity contribution in [2.24, 2.45) is 5.92 Å². The van der Waals surface area contributed by atoms with Gasteiger partial charge in [-0.1, -0.05) is 20.3 Å². The lowest BCUT2D eigenvalue weighted by atomic mass is 9.82. The van der Waals surface area contributed by atoms with Crippen molar-refractivity contribution in [3.8, 4) is 6.07 Å². The van der Waals surface area contributed by atoms with Gasteiger partial charge in [-0.25, -0.2) is 9.97 Å². The number of rotatable bonds is 3. The molecule has 17 heavy (non-hydrogen) atoms. The molecule has 0 N–H and O–H groups in total. The highest BCUT2D eigenvalue weighted by atomic mass is 14.9. The molecule has 2 rings (SSSR count). The number of hydrogen-bond acceptors (Lipinski definition) is 3. The van der Waals surface area contributed by atoms with Crippen LogP contribution >= 0.6 is 0 Å². The molecule has 90 valence electrons. The maximum Gasteiger partial charge on any atom is 0.146 e. The second-order valence-corrected chi connectivity index (χ2v) is 5.27. The van der Waals surface area contributed by atoms with E-state index in [0.717, 1.165) is 11.4 Å². The van der Waals surface area contributed by atoms with E-state index in [1.165, 1.54) is 19.3 Å². The molecular weight excluding hydrogens is 210 g/mol. The molecule has 0 saturated heterocycles. The molecule has 1 saturated carbocycles. The van der Waals surface area contributed by atoms with E-state index in [2.05, 4.69) is 22.1 Å². The number of nitrogens with zero attached hydrogens (tertiary/aromatic N) is 3. The quantitative estimate of drug-likeness (QED) is 0.799. The van der Waals surface area contributed by atoms with Crippen LogP contribution in [0.5, 0.6) is 0 Å². The molecule has 0 bridgehead atoms. The van der Waals surface area contributed by atoms with Gasteiger partial charge >= 0.3 is 0 Å². The molecule has 1 aliphatic rings. The van der Waals surface area contributed by atoms with Crippen molar-refractivity contribution in [1.82, 2.24) is 9.97 Å². The Hall–Kier alpha value is -1.43. The van der Waals surface area contributed by atoms with Gasteiger partial charge in [0.15, 0.2) is 0 Å². The predicted molar refractivity (Wildman–Crippen MR) is 66.6 cm³/mol. The molecule has 3 heteroatoms. The lowest BCUT2D eigenvalue weighted by Gasteiger charge is -2.25. The summed E-state index contributed by atoms with van der Waals surface area (Å²) in [6.07, 6.45) is 3.76. The van der Waals surface area contributed by atoms with E-state index in [1.54, 1.807) is 0 Å². The summed E-state index contributed by atoms with van der Waals surface area (Å²) in [5, 5.41) is 9.21. The number of hydrogen-bond donors (Lipinski definition) is 0. The van der Waals surface area contributed by atoms with Crippen LogP contribution in [0.3, 0.4) is 0 Å². The minimum absolute atomic E-state index is 0.186. The van der Waals surface area contributed by atoms with Gasteiger partial charge in [0.1, 0.15) is 11.7 Å². The summed E-state index contributed by atoms with van der Waals surface area (Å²) in [6, 6.07) is 4.39. The molecule has 3 nitrogen and oxygen atoms in total. The van der Waals surface area contributed by atoms with Gasteiger partial charge in [0.25, 0.3) is 0 Å². The summed E-state index contributed by atoms with van der Waals surface area (Å²) < 4.78 is 0. The molecule has 0 amide bonds. The van der Waals surface area contributed by atoms with Crippen molar-refractivity contribution in [2.75, 3.05) is 0 Å². The van der Waals surface area contributed by atoms with Crippen LogP contribution in [0, 0.1) is 24.2 Å². The second-order valence-electron chi connectivity index (χ2n) is 5.27. The van der Waals surface area contributed by atoms with Crippen molar-refractivity contribution in [3.05, 3.63) is 23.3 Å². The van der Waals surface area contributed by atoms with Gasteiger partial charge in [-0.05, 0) is 31.7 Å². The molecule has 1 atom stereocenters. The van der Waals surface area contributed by atoms with E-state index in [4.69, 9.17) is 0 Å². The van der Waals surface area contributed by atoms with E-state index in [1.807, 2.05) is 20.8 Å². The Bertz CT molecular complexity index is 441. The van der Waals surface area contributed by atoms with Gasteiger partial charge in [0, 0.05) is 17.3 Å². The average molecular weight is 229 g/mol. The smallest absolute Gasteiger partial charge is 0.146 e. The molecule has 1 fully saturated rings. The Kier molecular flexibility index (Phi) is 3.42. The van der Waals surface area contributed by atoms with Gasteiger partial charge < -0.3 is 0 Å². The summed E-state index contributed by atoms with van der Waals surface area (Å²) in [7, 11) is 0. The van der Waals surface area contributed by atoms with E-state index < -0.39 is 0 Å². The van der Waals surface area contributed by atoms with E-state index in [0.29, 0.717) is 11.7 Å². The first-order valence-electron chi connectivity index (χ1n) is 6.37. The topological polar surface area (TPSA) is 49.6 Å². The minimum Gasteiger partial charge on any atom is -0.237 e. The van der Waals surface area contributed by atoms with Gasteiger partial charge in [0.2, 0.25) is 0 Å². The Labute approximate surface area is 103 Å². The van der Waals surface area contributed by atoms with Crippen LogP contribution in [0.4, 0.5) is 0 Å². The Morgan fingerprint density at radius 2 is 2.06 bits per heavy atom. The van der Waals surface area contributed by atoms with Crippen molar-refractivity contribution in [3.63, 3.8) is 0 Å². The van der Waals surface area contributed by atoms with Gasteiger partial charge in [-0.2, -0.15) is 5.26 Å². The number of aromatic nitrogens is 2. The first-order valence-corrected chi connectivity index (χ1v) is 6.37. The SMILES string of the molecule is Cc1cc(C2CCC2)nc(C(C#N)C(C)C)n1. The zero-order valence-corrected chi connectivity index (χ0v) is 10.8. The maximum absolute atomic E-state index is 9.21. The van der Waals surface area contributed by atoms with Crippen LogP contribution in [-0.2, 0) is 0 Å². The van der Waals surface area contributed by atoms with Crippen LogP contribution in [0.1, 0.15) is 62.2 Å².